The van der Waals surface area contributed by atoms with Crippen molar-refractivity contribution >= 4 is 23.0 Å². The number of anilines is 1. The first-order chi connectivity index (χ1) is 13.7. The van der Waals surface area contributed by atoms with Crippen LogP contribution in [0.25, 0.3) is 0 Å². The van der Waals surface area contributed by atoms with E-state index in [1.165, 1.54) is 0 Å². The van der Waals surface area contributed by atoms with Gasteiger partial charge in [0.1, 0.15) is 11.5 Å². The van der Waals surface area contributed by atoms with E-state index in [2.05, 4.69) is 15.5 Å². The van der Waals surface area contributed by atoms with Gasteiger partial charge in [0.15, 0.2) is 6.61 Å². The Labute approximate surface area is 163 Å². The van der Waals surface area contributed by atoms with E-state index >= 15 is 0 Å². The fraction of sp³-hybridized carbons (Fsp3) is 0.136. The molecule has 3 rings (SSSR count). The summed E-state index contributed by atoms with van der Waals surface area (Å²) in [7, 11) is 0. The first-order valence-corrected chi connectivity index (χ1v) is 8.95. The normalized spacial score (nSPS) is 10.6. The highest BCUT2D eigenvalue weighted by molar-refractivity contribution is 5.92. The number of nitrogens with one attached hydrogen (secondary N) is 1. The Hall–Kier alpha value is -3.67. The number of nitrogens with zero attached hydrogens (tertiary/aromatic N) is 2. The predicted molar refractivity (Wildman–Crippen MR) is 109 cm³/mol. The van der Waals surface area contributed by atoms with E-state index in [9.17, 15) is 4.79 Å². The number of hydrogen-bond acceptors (Lipinski definition) is 5. The predicted octanol–water partition coefficient (Wildman–Crippen LogP) is 5.52. The summed E-state index contributed by atoms with van der Waals surface area (Å²) in [5.41, 5.74) is 2.15. The fourth-order valence-electron chi connectivity index (χ4n) is 2.37. The highest BCUT2D eigenvalue weighted by Crippen LogP contribution is 2.20. The lowest BCUT2D eigenvalue weighted by atomic mass is 10.3. The molecule has 0 aromatic heterocycles. The van der Waals surface area contributed by atoms with Crippen molar-refractivity contribution in [1.29, 1.82) is 0 Å². The average molecular weight is 375 g/mol. The van der Waals surface area contributed by atoms with Gasteiger partial charge >= 0.3 is 0 Å². The van der Waals surface area contributed by atoms with Crippen molar-refractivity contribution in [1.82, 2.24) is 0 Å². The zero-order valence-corrected chi connectivity index (χ0v) is 15.5. The Morgan fingerprint density at radius 3 is 1.96 bits per heavy atom. The van der Waals surface area contributed by atoms with Crippen LogP contribution in [0, 0.1) is 0 Å². The number of ether oxygens (including phenoxy) is 2. The van der Waals surface area contributed by atoms with Gasteiger partial charge in [-0.05, 0) is 67.6 Å². The highest BCUT2D eigenvalue weighted by atomic mass is 16.5. The van der Waals surface area contributed by atoms with Gasteiger partial charge in [0.05, 0.1) is 18.0 Å². The van der Waals surface area contributed by atoms with Gasteiger partial charge in [-0.3, -0.25) is 4.79 Å². The summed E-state index contributed by atoms with van der Waals surface area (Å²) in [6.45, 7) is 2.45. The number of benzene rings is 3. The molecular formula is C22H21N3O3. The molecule has 142 valence electrons. The van der Waals surface area contributed by atoms with E-state index < -0.39 is 0 Å². The standard InChI is InChI=1S/C22H21N3O3/c1-2-27-20-12-14-21(15-13-20)28-16-22(26)23-17-8-10-19(11-9-17)25-24-18-6-4-3-5-7-18/h3-15H,2,16H2,1H3,(H,23,26). The van der Waals surface area contributed by atoms with Crippen molar-refractivity contribution in [3.63, 3.8) is 0 Å². The number of hydrogen-bond donors (Lipinski definition) is 1. The van der Waals surface area contributed by atoms with Crippen LogP contribution >= 0.6 is 0 Å². The second kappa shape index (κ2) is 9.87. The maximum absolute atomic E-state index is 12.0. The van der Waals surface area contributed by atoms with E-state index in [4.69, 9.17) is 9.47 Å². The summed E-state index contributed by atoms with van der Waals surface area (Å²) < 4.78 is 10.9. The number of carbonyl (C=O) groups excluding carboxylic acids is 1. The average Bonchev–Trinajstić information content (AvgIpc) is 2.74. The summed E-state index contributed by atoms with van der Waals surface area (Å²) in [6.07, 6.45) is 0. The lowest BCUT2D eigenvalue weighted by Gasteiger charge is -2.08. The number of azo groups is 1. The van der Waals surface area contributed by atoms with Crippen LogP contribution in [0.3, 0.4) is 0 Å². The fourth-order valence-corrected chi connectivity index (χ4v) is 2.37. The molecule has 0 saturated carbocycles. The lowest BCUT2D eigenvalue weighted by molar-refractivity contribution is -0.118. The molecule has 0 saturated heterocycles. The summed E-state index contributed by atoms with van der Waals surface area (Å²) in [5, 5.41) is 11.1. The summed E-state index contributed by atoms with van der Waals surface area (Å²) in [5.74, 6) is 1.13. The van der Waals surface area contributed by atoms with E-state index in [1.807, 2.05) is 37.3 Å². The molecule has 0 radical (unpaired) electrons. The Morgan fingerprint density at radius 1 is 0.786 bits per heavy atom. The van der Waals surface area contributed by atoms with E-state index in [0.29, 0.717) is 23.7 Å². The quantitative estimate of drug-likeness (QED) is 0.527. The Morgan fingerprint density at radius 2 is 1.36 bits per heavy atom. The van der Waals surface area contributed by atoms with Crippen LogP contribution in [0.5, 0.6) is 11.5 Å². The number of rotatable bonds is 8. The first kappa shape index (κ1) is 19.1. The van der Waals surface area contributed by atoms with Crippen molar-refractivity contribution in [2.45, 2.75) is 6.92 Å². The first-order valence-electron chi connectivity index (χ1n) is 8.95. The minimum atomic E-state index is -0.243. The molecule has 0 unspecified atom stereocenters. The van der Waals surface area contributed by atoms with Crippen LogP contribution in [0.1, 0.15) is 6.92 Å². The molecule has 0 atom stereocenters. The van der Waals surface area contributed by atoms with Crippen LogP contribution in [0.15, 0.2) is 89.1 Å². The second-order valence-corrected chi connectivity index (χ2v) is 5.82. The molecule has 0 fully saturated rings. The molecule has 0 aliphatic carbocycles. The zero-order valence-electron chi connectivity index (χ0n) is 15.5. The van der Waals surface area contributed by atoms with Crippen molar-refractivity contribution in [2.75, 3.05) is 18.5 Å². The zero-order chi connectivity index (χ0) is 19.6. The third-order valence-corrected chi connectivity index (χ3v) is 3.69. The van der Waals surface area contributed by atoms with Crippen molar-refractivity contribution in [3.8, 4) is 11.5 Å². The molecule has 3 aromatic rings. The van der Waals surface area contributed by atoms with Gasteiger partial charge in [-0.25, -0.2) is 0 Å². The van der Waals surface area contributed by atoms with E-state index in [0.717, 1.165) is 11.4 Å². The molecule has 6 heteroatoms. The van der Waals surface area contributed by atoms with Crippen molar-refractivity contribution in [3.05, 3.63) is 78.9 Å². The van der Waals surface area contributed by atoms with Crippen molar-refractivity contribution < 1.29 is 14.3 Å². The molecule has 0 heterocycles. The lowest BCUT2D eigenvalue weighted by Crippen LogP contribution is -2.20. The monoisotopic (exact) mass is 375 g/mol. The van der Waals surface area contributed by atoms with Gasteiger partial charge in [0.25, 0.3) is 5.91 Å². The maximum Gasteiger partial charge on any atom is 0.262 e. The molecule has 28 heavy (non-hydrogen) atoms. The molecule has 6 nitrogen and oxygen atoms in total. The summed E-state index contributed by atoms with van der Waals surface area (Å²) in [6, 6.07) is 23.8. The van der Waals surface area contributed by atoms with E-state index in [-0.39, 0.29) is 12.5 Å². The third kappa shape index (κ3) is 5.95. The van der Waals surface area contributed by atoms with Gasteiger partial charge in [-0.2, -0.15) is 10.2 Å². The van der Waals surface area contributed by atoms with E-state index in [1.54, 1.807) is 48.5 Å². The van der Waals surface area contributed by atoms with Crippen molar-refractivity contribution in [2.24, 2.45) is 10.2 Å². The Balaban J connectivity index is 1.48. The number of carbonyl (C=O) groups is 1. The van der Waals surface area contributed by atoms with Crippen LogP contribution in [0.2, 0.25) is 0 Å². The highest BCUT2D eigenvalue weighted by Gasteiger charge is 2.04. The van der Waals surface area contributed by atoms with Gasteiger partial charge in [-0.15, -0.1) is 0 Å². The largest absolute Gasteiger partial charge is 0.494 e. The van der Waals surface area contributed by atoms with Gasteiger partial charge in [-0.1, -0.05) is 18.2 Å². The van der Waals surface area contributed by atoms with Gasteiger partial charge < -0.3 is 14.8 Å². The Bertz CT molecular complexity index is 908. The van der Waals surface area contributed by atoms with Crippen LogP contribution in [0.4, 0.5) is 17.1 Å². The third-order valence-electron chi connectivity index (χ3n) is 3.69. The molecule has 0 spiro atoms. The smallest absolute Gasteiger partial charge is 0.262 e. The molecule has 0 aliphatic heterocycles. The van der Waals surface area contributed by atoms with Crippen LogP contribution in [-0.4, -0.2) is 19.1 Å². The molecule has 3 aromatic carbocycles. The second-order valence-electron chi connectivity index (χ2n) is 5.82. The molecule has 1 N–H and O–H groups in total. The molecule has 0 aliphatic rings. The van der Waals surface area contributed by atoms with Crippen LogP contribution < -0.4 is 14.8 Å². The number of amides is 1. The minimum absolute atomic E-state index is 0.0799. The summed E-state index contributed by atoms with van der Waals surface area (Å²) >= 11 is 0. The Kier molecular flexibility index (Phi) is 6.73. The van der Waals surface area contributed by atoms with Gasteiger partial charge in [0.2, 0.25) is 0 Å². The van der Waals surface area contributed by atoms with Gasteiger partial charge in [0, 0.05) is 5.69 Å². The SMILES string of the molecule is CCOc1ccc(OCC(=O)Nc2ccc(N=Nc3ccccc3)cc2)cc1. The molecular weight excluding hydrogens is 354 g/mol. The topological polar surface area (TPSA) is 72.3 Å². The summed E-state index contributed by atoms with van der Waals surface area (Å²) in [4.78, 5) is 12.0. The molecule has 0 bridgehead atoms. The van der Waals surface area contributed by atoms with Crippen LogP contribution in [-0.2, 0) is 4.79 Å². The minimum Gasteiger partial charge on any atom is -0.494 e. The molecule has 1 amide bonds. The maximum atomic E-state index is 12.0.